The van der Waals surface area contributed by atoms with Gasteiger partial charge in [0.2, 0.25) is 0 Å². The standard InChI is InChI=1S/C12H25N3O2/c1-6-13-12(14-7-2,15-8-3)9-17-11(16)10(4)5/h13-15H,4,6-9H2,1-3,5H3. The van der Waals surface area contributed by atoms with E-state index in [-0.39, 0.29) is 12.6 Å². The van der Waals surface area contributed by atoms with Crippen LogP contribution in [0.25, 0.3) is 0 Å². The lowest BCUT2D eigenvalue weighted by molar-refractivity contribution is -0.142. The second-order valence-electron chi connectivity index (χ2n) is 3.85. The maximum atomic E-state index is 11.4. The topological polar surface area (TPSA) is 62.4 Å². The normalized spacial score (nSPS) is 11.3. The van der Waals surface area contributed by atoms with E-state index in [1.54, 1.807) is 6.92 Å². The van der Waals surface area contributed by atoms with E-state index in [9.17, 15) is 4.79 Å². The molecule has 0 amide bonds. The summed E-state index contributed by atoms with van der Waals surface area (Å²) in [4.78, 5) is 11.4. The first kappa shape index (κ1) is 16.1. The number of nitrogens with one attached hydrogen (secondary N) is 3. The summed E-state index contributed by atoms with van der Waals surface area (Å²) in [5.41, 5.74) is 0.406. The lowest BCUT2D eigenvalue weighted by Crippen LogP contribution is -2.69. The maximum absolute atomic E-state index is 11.4. The van der Waals surface area contributed by atoms with Gasteiger partial charge < -0.3 is 4.74 Å². The van der Waals surface area contributed by atoms with Crippen LogP contribution in [0.5, 0.6) is 0 Å². The number of likely N-dealkylation sites (N-methyl/N-ethyl adjacent to an activating group) is 3. The summed E-state index contributed by atoms with van der Waals surface area (Å²) in [7, 11) is 0. The Labute approximate surface area is 104 Å². The molecule has 0 heterocycles. The van der Waals surface area contributed by atoms with Crippen LogP contribution in [0.3, 0.4) is 0 Å². The largest absolute Gasteiger partial charge is 0.457 e. The molecule has 0 unspecified atom stereocenters. The average Bonchev–Trinajstić information content (AvgIpc) is 2.27. The average molecular weight is 243 g/mol. The number of carbonyl (C=O) groups is 1. The van der Waals surface area contributed by atoms with Crippen LogP contribution in [0.4, 0.5) is 0 Å². The smallest absolute Gasteiger partial charge is 0.333 e. The third-order valence-corrected chi connectivity index (χ3v) is 2.20. The van der Waals surface area contributed by atoms with E-state index < -0.39 is 5.79 Å². The van der Waals surface area contributed by atoms with Gasteiger partial charge in [-0.1, -0.05) is 27.4 Å². The Morgan fingerprint density at radius 2 is 1.53 bits per heavy atom. The zero-order chi connectivity index (χ0) is 13.3. The molecule has 0 aliphatic carbocycles. The summed E-state index contributed by atoms with van der Waals surface area (Å²) in [5, 5.41) is 9.79. The predicted molar refractivity (Wildman–Crippen MR) is 69.5 cm³/mol. The summed E-state index contributed by atoms with van der Waals surface area (Å²) in [6, 6.07) is 0. The van der Waals surface area contributed by atoms with Crippen LogP contribution >= 0.6 is 0 Å². The molecule has 0 aromatic rings. The van der Waals surface area contributed by atoms with Crippen molar-refractivity contribution in [3.05, 3.63) is 12.2 Å². The number of carbonyl (C=O) groups excluding carboxylic acids is 1. The fourth-order valence-corrected chi connectivity index (χ4v) is 1.54. The fraction of sp³-hybridized carbons (Fsp3) is 0.750. The van der Waals surface area contributed by atoms with Gasteiger partial charge >= 0.3 is 5.97 Å². The Balaban J connectivity index is 4.53. The van der Waals surface area contributed by atoms with E-state index >= 15 is 0 Å². The van der Waals surface area contributed by atoms with Gasteiger partial charge in [-0.25, -0.2) is 4.79 Å². The first-order valence-corrected chi connectivity index (χ1v) is 6.09. The van der Waals surface area contributed by atoms with E-state index in [2.05, 4.69) is 22.5 Å². The molecular formula is C12H25N3O2. The minimum atomic E-state index is -0.566. The third kappa shape index (κ3) is 5.81. The molecule has 0 rings (SSSR count). The fourth-order valence-electron chi connectivity index (χ4n) is 1.54. The maximum Gasteiger partial charge on any atom is 0.333 e. The van der Waals surface area contributed by atoms with Gasteiger partial charge in [0.15, 0.2) is 5.79 Å². The van der Waals surface area contributed by atoms with Crippen LogP contribution in [0.2, 0.25) is 0 Å². The number of hydrogen-bond acceptors (Lipinski definition) is 5. The summed E-state index contributed by atoms with van der Waals surface area (Å²) in [6.45, 7) is 13.7. The molecule has 0 saturated carbocycles. The number of hydrogen-bond donors (Lipinski definition) is 3. The molecule has 100 valence electrons. The van der Waals surface area contributed by atoms with Crippen molar-refractivity contribution in [2.24, 2.45) is 0 Å². The molecule has 0 aromatic heterocycles. The lowest BCUT2D eigenvalue weighted by Gasteiger charge is -2.35. The molecule has 3 N–H and O–H groups in total. The van der Waals surface area contributed by atoms with Gasteiger partial charge in [-0.15, -0.1) is 0 Å². The van der Waals surface area contributed by atoms with Crippen molar-refractivity contribution in [1.29, 1.82) is 0 Å². The third-order valence-electron chi connectivity index (χ3n) is 2.20. The molecule has 0 radical (unpaired) electrons. The molecule has 0 atom stereocenters. The molecule has 5 nitrogen and oxygen atoms in total. The van der Waals surface area contributed by atoms with Crippen molar-refractivity contribution in [3.63, 3.8) is 0 Å². The molecule has 0 aromatic carbocycles. The van der Waals surface area contributed by atoms with Crippen molar-refractivity contribution < 1.29 is 9.53 Å². The van der Waals surface area contributed by atoms with E-state index in [4.69, 9.17) is 4.74 Å². The molecule has 0 saturated heterocycles. The number of rotatable bonds is 9. The molecule has 17 heavy (non-hydrogen) atoms. The first-order chi connectivity index (χ1) is 8.01. The summed E-state index contributed by atoms with van der Waals surface area (Å²) in [6.07, 6.45) is 0. The van der Waals surface area contributed by atoms with Gasteiger partial charge in [0.1, 0.15) is 6.61 Å². The van der Waals surface area contributed by atoms with Crippen molar-refractivity contribution in [2.45, 2.75) is 33.5 Å². The second-order valence-corrected chi connectivity index (χ2v) is 3.85. The van der Waals surface area contributed by atoms with Gasteiger partial charge in [0.25, 0.3) is 0 Å². The Hall–Kier alpha value is -0.910. The number of ether oxygens (including phenoxy) is 1. The molecule has 0 aliphatic heterocycles. The minimum absolute atomic E-state index is 0.216. The first-order valence-electron chi connectivity index (χ1n) is 6.09. The molecule has 0 spiro atoms. The molecular weight excluding hydrogens is 218 g/mol. The predicted octanol–water partition coefficient (Wildman–Crippen LogP) is 0.588. The van der Waals surface area contributed by atoms with Gasteiger partial charge in [0.05, 0.1) is 0 Å². The zero-order valence-electron chi connectivity index (χ0n) is 11.4. The van der Waals surface area contributed by atoms with E-state index in [0.717, 1.165) is 19.6 Å². The van der Waals surface area contributed by atoms with Gasteiger partial charge in [-0.05, 0) is 26.6 Å². The Morgan fingerprint density at radius 1 is 1.12 bits per heavy atom. The van der Waals surface area contributed by atoms with Crippen LogP contribution in [-0.2, 0) is 9.53 Å². The Bertz CT molecular complexity index is 237. The summed E-state index contributed by atoms with van der Waals surface area (Å²) in [5.74, 6) is -0.938. The van der Waals surface area contributed by atoms with Crippen LogP contribution in [-0.4, -0.2) is 38.0 Å². The highest BCUT2D eigenvalue weighted by Crippen LogP contribution is 2.00. The SMILES string of the molecule is C=C(C)C(=O)OCC(NCC)(NCC)NCC. The van der Waals surface area contributed by atoms with Gasteiger partial charge in [-0.2, -0.15) is 0 Å². The van der Waals surface area contributed by atoms with E-state index in [1.807, 2.05) is 20.8 Å². The Kier molecular flexibility index (Phi) is 7.78. The van der Waals surface area contributed by atoms with Crippen LogP contribution in [0, 0.1) is 0 Å². The van der Waals surface area contributed by atoms with Gasteiger partial charge in [0, 0.05) is 5.57 Å². The molecule has 5 heteroatoms. The highest BCUT2D eigenvalue weighted by Gasteiger charge is 2.28. The number of esters is 1. The van der Waals surface area contributed by atoms with Crippen molar-refractivity contribution in [3.8, 4) is 0 Å². The van der Waals surface area contributed by atoms with Crippen molar-refractivity contribution >= 4 is 5.97 Å². The zero-order valence-corrected chi connectivity index (χ0v) is 11.4. The Morgan fingerprint density at radius 3 is 1.82 bits per heavy atom. The monoisotopic (exact) mass is 243 g/mol. The second kappa shape index (κ2) is 8.22. The van der Waals surface area contributed by atoms with E-state index in [1.165, 1.54) is 0 Å². The lowest BCUT2D eigenvalue weighted by atomic mass is 10.3. The highest BCUT2D eigenvalue weighted by atomic mass is 16.5. The quantitative estimate of drug-likeness (QED) is 0.314. The van der Waals surface area contributed by atoms with E-state index in [0.29, 0.717) is 5.57 Å². The molecule has 0 bridgehead atoms. The van der Waals surface area contributed by atoms with Crippen molar-refractivity contribution in [1.82, 2.24) is 16.0 Å². The molecule has 0 fully saturated rings. The van der Waals surface area contributed by atoms with Gasteiger partial charge in [-0.3, -0.25) is 16.0 Å². The summed E-state index contributed by atoms with van der Waals surface area (Å²) >= 11 is 0. The summed E-state index contributed by atoms with van der Waals surface area (Å²) < 4.78 is 5.20. The molecule has 0 aliphatic rings. The minimum Gasteiger partial charge on any atom is -0.457 e. The van der Waals surface area contributed by atoms with Crippen molar-refractivity contribution in [2.75, 3.05) is 26.2 Å². The van der Waals surface area contributed by atoms with Crippen LogP contribution in [0.15, 0.2) is 12.2 Å². The highest BCUT2D eigenvalue weighted by molar-refractivity contribution is 5.86. The van der Waals surface area contributed by atoms with Crippen LogP contribution < -0.4 is 16.0 Å². The van der Waals surface area contributed by atoms with Crippen LogP contribution in [0.1, 0.15) is 27.7 Å².